The molecule has 0 radical (unpaired) electrons. The van der Waals surface area contributed by atoms with Crippen molar-refractivity contribution < 1.29 is 14.3 Å². The number of nitrogens with zero attached hydrogens (tertiary/aromatic N) is 1. The second-order valence-electron chi connectivity index (χ2n) is 7.01. The molecule has 0 unspecified atom stereocenters. The van der Waals surface area contributed by atoms with Gasteiger partial charge in [-0.1, -0.05) is 19.1 Å². The van der Waals surface area contributed by atoms with Crippen molar-refractivity contribution in [3.8, 4) is 0 Å². The minimum atomic E-state index is -0.250. The van der Waals surface area contributed by atoms with E-state index in [9.17, 15) is 14.4 Å². The van der Waals surface area contributed by atoms with Gasteiger partial charge in [-0.15, -0.1) is 0 Å². The van der Waals surface area contributed by atoms with Crippen LogP contribution in [0.2, 0.25) is 0 Å². The molecule has 4 atom stereocenters. The predicted molar refractivity (Wildman–Crippen MR) is 91.8 cm³/mol. The molecule has 7 heteroatoms. The zero-order valence-corrected chi connectivity index (χ0v) is 14.9. The molecule has 0 bridgehead atoms. The Morgan fingerprint density at radius 2 is 2.04 bits per heavy atom. The lowest BCUT2D eigenvalue weighted by molar-refractivity contribution is -0.152. The van der Waals surface area contributed by atoms with Crippen LogP contribution in [0.4, 0.5) is 0 Å². The number of hydrogen-bond donors (Lipinski definition) is 2. The lowest BCUT2D eigenvalue weighted by Gasteiger charge is -2.31. The second-order valence-corrected chi connectivity index (χ2v) is 7.01. The summed E-state index contributed by atoms with van der Waals surface area (Å²) >= 11 is 0. The fourth-order valence-electron chi connectivity index (χ4n) is 4.04. The summed E-state index contributed by atoms with van der Waals surface area (Å²) in [7, 11) is 0. The number of esters is 1. The minimum absolute atomic E-state index is 0.0768. The number of aromatic nitrogens is 2. The van der Waals surface area contributed by atoms with E-state index in [1.54, 1.807) is 18.7 Å². The number of allylic oxidation sites excluding steroid dienone is 1. The van der Waals surface area contributed by atoms with Gasteiger partial charge in [0.15, 0.2) is 0 Å². The van der Waals surface area contributed by atoms with Gasteiger partial charge in [-0.05, 0) is 31.6 Å². The molecule has 1 amide bonds. The van der Waals surface area contributed by atoms with Crippen molar-refractivity contribution in [3.63, 3.8) is 0 Å². The zero-order chi connectivity index (χ0) is 18.1. The largest absolute Gasteiger partial charge is 0.466 e. The molecule has 2 heterocycles. The fourth-order valence-corrected chi connectivity index (χ4v) is 4.04. The summed E-state index contributed by atoms with van der Waals surface area (Å²) in [5.41, 5.74) is 0.916. The number of ether oxygens (including phenoxy) is 1. The highest BCUT2D eigenvalue weighted by Crippen LogP contribution is 2.40. The third-order valence-electron chi connectivity index (χ3n) is 5.43. The van der Waals surface area contributed by atoms with Gasteiger partial charge in [-0.3, -0.25) is 19.5 Å². The van der Waals surface area contributed by atoms with E-state index in [1.807, 2.05) is 6.92 Å². The number of fused-ring (bicyclic) bond motifs is 1. The number of nitrogens with one attached hydrogen (secondary N) is 2. The number of likely N-dealkylation sites (tertiary alicyclic amines) is 1. The van der Waals surface area contributed by atoms with Crippen LogP contribution in [0.15, 0.2) is 16.9 Å². The smallest absolute Gasteiger partial charge is 0.309 e. The quantitative estimate of drug-likeness (QED) is 0.628. The third-order valence-corrected chi connectivity index (χ3v) is 5.43. The lowest BCUT2D eigenvalue weighted by Crippen LogP contribution is -2.37. The summed E-state index contributed by atoms with van der Waals surface area (Å²) in [6, 6.07) is 0. The van der Waals surface area contributed by atoms with Crippen molar-refractivity contribution in [2.45, 2.75) is 27.2 Å². The van der Waals surface area contributed by atoms with Gasteiger partial charge in [-0.25, -0.2) is 0 Å². The van der Waals surface area contributed by atoms with Gasteiger partial charge >= 0.3 is 5.97 Å². The highest BCUT2D eigenvalue weighted by Gasteiger charge is 2.45. The van der Waals surface area contributed by atoms with E-state index >= 15 is 0 Å². The maximum Gasteiger partial charge on any atom is 0.309 e. The third kappa shape index (κ3) is 3.27. The molecule has 2 aliphatic rings. The van der Waals surface area contributed by atoms with Crippen LogP contribution in [0.5, 0.6) is 0 Å². The predicted octanol–water partition coefficient (Wildman–Crippen LogP) is 1.01. The maximum atomic E-state index is 12.7. The normalized spacial score (nSPS) is 28.0. The molecule has 3 rings (SSSR count). The van der Waals surface area contributed by atoms with Crippen LogP contribution in [0.3, 0.4) is 0 Å². The lowest BCUT2D eigenvalue weighted by atomic mass is 9.72. The van der Waals surface area contributed by atoms with E-state index in [0.29, 0.717) is 31.0 Å². The first-order chi connectivity index (χ1) is 11.9. The Balaban J connectivity index is 1.73. The van der Waals surface area contributed by atoms with E-state index in [0.717, 1.165) is 0 Å². The zero-order valence-electron chi connectivity index (χ0n) is 14.9. The van der Waals surface area contributed by atoms with Crippen LogP contribution in [0.1, 0.15) is 25.1 Å². The number of aromatic amines is 2. The number of aryl methyl sites for hydroxylation is 1. The SMILES string of the molecule is CCOC(=O)[C@@H]1[C@H]2CN(C(=O)Cc3c(C)[nH][nH]c3=O)C[C@@H]2C=C[C@@H]1C. The second kappa shape index (κ2) is 6.90. The molecule has 1 fully saturated rings. The molecule has 25 heavy (non-hydrogen) atoms. The maximum absolute atomic E-state index is 12.7. The first-order valence-corrected chi connectivity index (χ1v) is 8.81. The monoisotopic (exact) mass is 347 g/mol. The van der Waals surface area contributed by atoms with Crippen molar-refractivity contribution in [1.82, 2.24) is 15.1 Å². The van der Waals surface area contributed by atoms with E-state index < -0.39 is 0 Å². The van der Waals surface area contributed by atoms with Crippen LogP contribution in [-0.4, -0.2) is 46.7 Å². The Morgan fingerprint density at radius 3 is 2.68 bits per heavy atom. The molecule has 1 aromatic heterocycles. The molecule has 0 spiro atoms. The van der Waals surface area contributed by atoms with Crippen molar-refractivity contribution in [2.24, 2.45) is 23.7 Å². The number of carbonyl (C=O) groups excluding carboxylic acids is 2. The molecule has 2 N–H and O–H groups in total. The summed E-state index contributed by atoms with van der Waals surface area (Å²) in [4.78, 5) is 38.6. The van der Waals surface area contributed by atoms with Crippen molar-refractivity contribution in [1.29, 1.82) is 0 Å². The Morgan fingerprint density at radius 1 is 1.28 bits per heavy atom. The first kappa shape index (κ1) is 17.5. The molecule has 0 saturated carbocycles. The van der Waals surface area contributed by atoms with Crippen LogP contribution < -0.4 is 5.56 Å². The van der Waals surface area contributed by atoms with E-state index in [-0.39, 0.29) is 47.5 Å². The highest BCUT2D eigenvalue weighted by molar-refractivity contribution is 5.80. The average Bonchev–Trinajstić information content (AvgIpc) is 3.13. The number of hydrogen-bond acceptors (Lipinski definition) is 4. The Hall–Kier alpha value is -2.31. The Labute approximate surface area is 146 Å². The molecule has 1 aliphatic carbocycles. The topological polar surface area (TPSA) is 95.3 Å². The number of amides is 1. The number of carbonyl (C=O) groups is 2. The van der Waals surface area contributed by atoms with Crippen LogP contribution in [-0.2, 0) is 20.7 Å². The van der Waals surface area contributed by atoms with Crippen LogP contribution in [0, 0.1) is 30.6 Å². The Kier molecular flexibility index (Phi) is 4.83. The summed E-state index contributed by atoms with van der Waals surface area (Å²) < 4.78 is 5.25. The van der Waals surface area contributed by atoms with Crippen molar-refractivity contribution >= 4 is 11.9 Å². The number of rotatable bonds is 4. The van der Waals surface area contributed by atoms with Crippen molar-refractivity contribution in [2.75, 3.05) is 19.7 Å². The standard InChI is InChI=1S/C18H25N3O4/c1-4-25-18(24)16-10(2)5-6-12-8-21(9-14(12)16)15(22)7-13-11(3)19-20-17(13)23/h5-6,10,12,14,16H,4,7-9H2,1-3H3,(H2,19,20,23)/t10-,12-,14-,16-/m0/s1. The van der Waals surface area contributed by atoms with Gasteiger partial charge in [0.05, 0.1) is 18.9 Å². The molecule has 1 saturated heterocycles. The fraction of sp³-hybridized carbons (Fsp3) is 0.611. The van der Waals surface area contributed by atoms with Crippen LogP contribution in [0.25, 0.3) is 0 Å². The van der Waals surface area contributed by atoms with Crippen LogP contribution >= 0.6 is 0 Å². The molecule has 1 aliphatic heterocycles. The van der Waals surface area contributed by atoms with Gasteiger partial charge in [-0.2, -0.15) is 0 Å². The summed E-state index contributed by atoms with van der Waals surface area (Å²) in [5.74, 6) is -0.128. The Bertz CT molecular complexity index is 748. The summed E-state index contributed by atoms with van der Waals surface area (Å²) in [5, 5.41) is 5.24. The molecule has 1 aromatic rings. The highest BCUT2D eigenvalue weighted by atomic mass is 16.5. The van der Waals surface area contributed by atoms with Gasteiger partial charge < -0.3 is 14.7 Å². The molecule has 136 valence electrons. The number of H-pyrrole nitrogens is 2. The van der Waals surface area contributed by atoms with E-state index in [2.05, 4.69) is 22.3 Å². The van der Waals surface area contributed by atoms with Gasteiger partial charge in [0.25, 0.3) is 5.56 Å². The molecular weight excluding hydrogens is 322 g/mol. The molecular formula is C18H25N3O4. The summed E-state index contributed by atoms with van der Waals surface area (Å²) in [6.07, 6.45) is 4.25. The average molecular weight is 347 g/mol. The van der Waals surface area contributed by atoms with Gasteiger partial charge in [0.2, 0.25) is 5.91 Å². The summed E-state index contributed by atoms with van der Waals surface area (Å²) in [6.45, 7) is 7.07. The molecule has 7 nitrogen and oxygen atoms in total. The first-order valence-electron chi connectivity index (χ1n) is 8.81. The van der Waals surface area contributed by atoms with Gasteiger partial charge in [0.1, 0.15) is 0 Å². The van der Waals surface area contributed by atoms with E-state index in [4.69, 9.17) is 4.74 Å². The van der Waals surface area contributed by atoms with Crippen molar-refractivity contribution in [3.05, 3.63) is 33.8 Å². The van der Waals surface area contributed by atoms with E-state index in [1.165, 1.54) is 0 Å². The minimum Gasteiger partial charge on any atom is -0.466 e. The molecule has 0 aromatic carbocycles. The van der Waals surface area contributed by atoms with Gasteiger partial charge in [0, 0.05) is 24.3 Å².